The molecule has 8 nitrogen and oxygen atoms in total. The second-order valence-electron chi connectivity index (χ2n) is 9.70. The maximum Gasteiger partial charge on any atom is 0.410 e. The van der Waals surface area contributed by atoms with Gasteiger partial charge in [0.1, 0.15) is 17.5 Å². The first-order chi connectivity index (χ1) is 16.9. The largest absolute Gasteiger partial charge is 0.482 e. The lowest BCUT2D eigenvalue weighted by molar-refractivity contribution is 0.0288. The van der Waals surface area contributed by atoms with Crippen molar-refractivity contribution >= 4 is 35.1 Å². The van der Waals surface area contributed by atoms with Crippen molar-refractivity contribution in [2.24, 2.45) is 0 Å². The summed E-state index contributed by atoms with van der Waals surface area (Å²) in [6.07, 6.45) is 5.00. The molecule has 1 aliphatic rings. The quantitative estimate of drug-likeness (QED) is 0.385. The Morgan fingerprint density at radius 2 is 2.00 bits per heavy atom. The van der Waals surface area contributed by atoms with Gasteiger partial charge in [-0.3, -0.25) is 4.68 Å². The number of hydrogen-bond acceptors (Lipinski definition) is 6. The summed E-state index contributed by atoms with van der Waals surface area (Å²) in [5.74, 6) is -0.109. The van der Waals surface area contributed by atoms with Gasteiger partial charge in [-0.1, -0.05) is 23.2 Å². The van der Waals surface area contributed by atoms with Crippen LogP contribution in [0.1, 0.15) is 51.8 Å². The lowest BCUT2D eigenvalue weighted by Gasteiger charge is -2.24. The average Bonchev–Trinajstić information content (AvgIpc) is 3.47. The van der Waals surface area contributed by atoms with E-state index in [1.165, 1.54) is 12.1 Å². The van der Waals surface area contributed by atoms with Gasteiger partial charge in [-0.25, -0.2) is 14.2 Å². The lowest BCUT2D eigenvalue weighted by atomic mass is 10.1. The van der Waals surface area contributed by atoms with Crippen molar-refractivity contribution in [3.8, 4) is 16.9 Å². The van der Waals surface area contributed by atoms with E-state index in [0.29, 0.717) is 24.4 Å². The summed E-state index contributed by atoms with van der Waals surface area (Å²) in [7, 11) is 0. The molecule has 36 heavy (non-hydrogen) atoms. The summed E-state index contributed by atoms with van der Waals surface area (Å²) in [5, 5.41) is 4.68. The van der Waals surface area contributed by atoms with E-state index in [1.54, 1.807) is 30.3 Å². The zero-order valence-corrected chi connectivity index (χ0v) is 22.0. The molecule has 0 saturated carbocycles. The SMILES string of the molecule is C[C@@H](Oc1cc(-c2cnn([C@H]3CCN(C(=O)OC(C)(C)C)C3)c2)cnc1N)c1c(Cl)ccc(F)c1Cl. The minimum Gasteiger partial charge on any atom is -0.482 e. The fraction of sp³-hybridized carbons (Fsp3) is 0.400. The number of carbonyl (C=O) groups is 1. The fourth-order valence-electron chi connectivity index (χ4n) is 4.01. The van der Waals surface area contributed by atoms with Crippen LogP contribution < -0.4 is 10.5 Å². The number of carbonyl (C=O) groups excluding carboxylic acids is 1. The number of nitrogen functional groups attached to an aromatic ring is 1. The van der Waals surface area contributed by atoms with Crippen LogP contribution >= 0.6 is 23.2 Å². The Balaban J connectivity index is 1.49. The Labute approximate surface area is 219 Å². The number of rotatable bonds is 5. The second kappa shape index (κ2) is 10.1. The van der Waals surface area contributed by atoms with Crippen LogP contribution in [0.3, 0.4) is 0 Å². The Bertz CT molecular complexity index is 1280. The predicted octanol–water partition coefficient (Wildman–Crippen LogP) is 6.30. The van der Waals surface area contributed by atoms with Crippen LogP contribution in [0.15, 0.2) is 36.8 Å². The Hall–Kier alpha value is -3.04. The minimum absolute atomic E-state index is 0.0287. The number of pyridine rings is 1. The second-order valence-corrected chi connectivity index (χ2v) is 10.5. The van der Waals surface area contributed by atoms with Gasteiger partial charge >= 0.3 is 6.09 Å². The number of benzene rings is 1. The molecule has 1 aromatic carbocycles. The summed E-state index contributed by atoms with van der Waals surface area (Å²) >= 11 is 12.4. The Morgan fingerprint density at radius 1 is 1.25 bits per heavy atom. The average molecular weight is 536 g/mol. The van der Waals surface area contributed by atoms with Gasteiger partial charge in [0.15, 0.2) is 11.6 Å². The van der Waals surface area contributed by atoms with E-state index < -0.39 is 17.5 Å². The van der Waals surface area contributed by atoms with Gasteiger partial charge in [0.25, 0.3) is 0 Å². The van der Waals surface area contributed by atoms with Gasteiger partial charge in [0, 0.05) is 47.2 Å². The zero-order valence-electron chi connectivity index (χ0n) is 20.5. The molecule has 0 bridgehead atoms. The maximum absolute atomic E-state index is 14.0. The molecule has 2 atom stereocenters. The van der Waals surface area contributed by atoms with Crippen LogP contribution in [0.25, 0.3) is 11.1 Å². The third-order valence-electron chi connectivity index (χ3n) is 5.80. The molecule has 0 unspecified atom stereocenters. The van der Waals surface area contributed by atoms with E-state index in [1.807, 2.05) is 31.6 Å². The molecular weight excluding hydrogens is 508 g/mol. The molecule has 1 amide bonds. The van der Waals surface area contributed by atoms with E-state index in [2.05, 4.69) is 10.1 Å². The molecule has 0 aliphatic carbocycles. The van der Waals surface area contributed by atoms with Crippen LogP contribution in [0, 0.1) is 5.82 Å². The van der Waals surface area contributed by atoms with Crippen LogP contribution in [0.2, 0.25) is 10.0 Å². The Kier molecular flexibility index (Phi) is 7.33. The number of likely N-dealkylation sites (tertiary alicyclic amines) is 1. The molecule has 0 spiro atoms. The first-order valence-electron chi connectivity index (χ1n) is 11.5. The third-order valence-corrected chi connectivity index (χ3v) is 6.51. The first kappa shape index (κ1) is 26.0. The van der Waals surface area contributed by atoms with E-state index in [0.717, 1.165) is 17.5 Å². The molecule has 1 fully saturated rings. The third kappa shape index (κ3) is 5.68. The maximum atomic E-state index is 14.0. The van der Waals surface area contributed by atoms with Crippen molar-refractivity contribution in [1.82, 2.24) is 19.7 Å². The van der Waals surface area contributed by atoms with E-state index in [-0.39, 0.29) is 28.0 Å². The van der Waals surface area contributed by atoms with Crippen molar-refractivity contribution in [3.63, 3.8) is 0 Å². The highest BCUT2D eigenvalue weighted by Crippen LogP contribution is 2.37. The minimum atomic E-state index is -0.680. The number of halogens is 3. The molecule has 3 heterocycles. The molecular formula is C25H28Cl2FN5O3. The monoisotopic (exact) mass is 535 g/mol. The highest BCUT2D eigenvalue weighted by atomic mass is 35.5. The standard InChI is InChI=1S/C25H28Cl2FN5O3/c1-14(21-18(26)5-6-19(28)22(21)27)35-20-9-15(10-30-23(20)29)16-11-31-33(12-16)17-7-8-32(13-17)24(34)36-25(2,3)4/h5-6,9-12,14,17H,7-8,13H2,1-4H3,(H2,29,30)/t14-,17+/m1/s1. The van der Waals surface area contributed by atoms with Crippen LogP contribution in [0.5, 0.6) is 5.75 Å². The summed E-state index contributed by atoms with van der Waals surface area (Å²) in [4.78, 5) is 18.3. The number of anilines is 1. The molecule has 3 aromatic rings. The zero-order chi connectivity index (χ0) is 26.2. The summed E-state index contributed by atoms with van der Waals surface area (Å²) < 4.78 is 27.3. The number of aromatic nitrogens is 3. The van der Waals surface area contributed by atoms with Crippen molar-refractivity contribution in [1.29, 1.82) is 0 Å². The molecule has 11 heteroatoms. The highest BCUT2D eigenvalue weighted by molar-refractivity contribution is 6.36. The fourth-order valence-corrected chi connectivity index (χ4v) is 4.69. The van der Waals surface area contributed by atoms with Gasteiger partial charge < -0.3 is 20.1 Å². The first-order valence-corrected chi connectivity index (χ1v) is 12.3. The molecule has 1 aliphatic heterocycles. The van der Waals surface area contributed by atoms with E-state index in [9.17, 15) is 9.18 Å². The van der Waals surface area contributed by atoms with E-state index in [4.69, 9.17) is 38.4 Å². The topological polar surface area (TPSA) is 95.5 Å². The Morgan fingerprint density at radius 3 is 2.72 bits per heavy atom. The number of amides is 1. The summed E-state index contributed by atoms with van der Waals surface area (Å²) in [6, 6.07) is 4.40. The van der Waals surface area contributed by atoms with Crippen LogP contribution in [-0.4, -0.2) is 44.4 Å². The van der Waals surface area contributed by atoms with Gasteiger partial charge in [-0.15, -0.1) is 0 Å². The van der Waals surface area contributed by atoms with Gasteiger partial charge in [-0.05, 0) is 52.3 Å². The van der Waals surface area contributed by atoms with Crippen LogP contribution in [0.4, 0.5) is 15.0 Å². The predicted molar refractivity (Wildman–Crippen MR) is 137 cm³/mol. The molecule has 192 valence electrons. The van der Waals surface area contributed by atoms with Crippen molar-refractivity contribution in [2.75, 3.05) is 18.8 Å². The molecule has 0 radical (unpaired) electrons. The van der Waals surface area contributed by atoms with E-state index >= 15 is 0 Å². The van der Waals surface area contributed by atoms with Gasteiger partial charge in [0.2, 0.25) is 0 Å². The number of ether oxygens (including phenoxy) is 2. The highest BCUT2D eigenvalue weighted by Gasteiger charge is 2.31. The van der Waals surface area contributed by atoms with Crippen molar-refractivity contribution in [3.05, 3.63) is 58.2 Å². The lowest BCUT2D eigenvalue weighted by Crippen LogP contribution is -2.35. The van der Waals surface area contributed by atoms with Crippen LogP contribution in [-0.2, 0) is 4.74 Å². The molecule has 1 saturated heterocycles. The van der Waals surface area contributed by atoms with Crippen molar-refractivity contribution in [2.45, 2.75) is 51.9 Å². The van der Waals surface area contributed by atoms with Gasteiger partial charge in [-0.2, -0.15) is 5.10 Å². The summed E-state index contributed by atoms with van der Waals surface area (Å²) in [5.41, 5.74) is 7.36. The number of nitrogens with two attached hydrogens (primary N) is 1. The number of nitrogens with zero attached hydrogens (tertiary/aromatic N) is 4. The normalized spacial score (nSPS) is 16.8. The molecule has 4 rings (SSSR count). The molecule has 2 N–H and O–H groups in total. The smallest absolute Gasteiger partial charge is 0.410 e. The van der Waals surface area contributed by atoms with Crippen molar-refractivity contribution < 1.29 is 18.7 Å². The number of hydrogen-bond donors (Lipinski definition) is 1. The summed E-state index contributed by atoms with van der Waals surface area (Å²) in [6.45, 7) is 8.35. The molecule has 2 aromatic heterocycles. The van der Waals surface area contributed by atoms with Gasteiger partial charge in [0.05, 0.1) is 17.3 Å².